The van der Waals surface area contributed by atoms with E-state index < -0.39 is 0 Å². The number of hydrogen-bond acceptors (Lipinski definition) is 2. The van der Waals surface area contributed by atoms with Crippen LogP contribution in [-0.4, -0.2) is 37.0 Å². The first-order valence-electron chi connectivity index (χ1n) is 7.14. The Morgan fingerprint density at radius 2 is 1.78 bits per heavy atom. The van der Waals surface area contributed by atoms with Crippen molar-refractivity contribution in [2.24, 2.45) is 10.8 Å². The van der Waals surface area contributed by atoms with Crippen LogP contribution < -0.4 is 5.32 Å². The highest BCUT2D eigenvalue weighted by molar-refractivity contribution is 5.85. The molecule has 0 unspecified atom stereocenters. The number of hydrogen-bond donors (Lipinski definition) is 1. The Morgan fingerprint density at radius 3 is 2.22 bits per heavy atom. The molecule has 1 saturated carbocycles. The Morgan fingerprint density at radius 1 is 1.11 bits per heavy atom. The molecule has 0 bridgehead atoms. The molecule has 3 rings (SSSR count). The van der Waals surface area contributed by atoms with Crippen molar-refractivity contribution in [3.63, 3.8) is 0 Å². The van der Waals surface area contributed by atoms with Crippen LogP contribution in [0.15, 0.2) is 0 Å². The summed E-state index contributed by atoms with van der Waals surface area (Å²) in [6.45, 7) is 6.49. The SMILES string of the molecule is CC1(C(=O)N2CCC3(CCNC3)CC2)CCC1.Cl. The van der Waals surface area contributed by atoms with E-state index in [0.717, 1.165) is 25.9 Å². The van der Waals surface area contributed by atoms with E-state index >= 15 is 0 Å². The van der Waals surface area contributed by atoms with E-state index in [1.165, 1.54) is 38.8 Å². The lowest BCUT2D eigenvalue weighted by molar-refractivity contribution is -0.148. The number of carbonyl (C=O) groups is 1. The van der Waals surface area contributed by atoms with Crippen LogP contribution in [0.2, 0.25) is 0 Å². The van der Waals surface area contributed by atoms with Gasteiger partial charge >= 0.3 is 0 Å². The van der Waals surface area contributed by atoms with Gasteiger partial charge in [-0.05, 0) is 44.1 Å². The van der Waals surface area contributed by atoms with Gasteiger partial charge in [-0.1, -0.05) is 13.3 Å². The molecular weight excluding hydrogens is 248 g/mol. The van der Waals surface area contributed by atoms with Gasteiger partial charge in [-0.15, -0.1) is 12.4 Å². The summed E-state index contributed by atoms with van der Waals surface area (Å²) in [5.74, 6) is 0.435. The first-order chi connectivity index (χ1) is 8.14. The average molecular weight is 273 g/mol. The Kier molecular flexibility index (Phi) is 3.93. The molecule has 0 aromatic carbocycles. The Bertz CT molecular complexity index is 312. The normalized spacial score (nSPS) is 28.6. The van der Waals surface area contributed by atoms with E-state index in [1.54, 1.807) is 0 Å². The third-order valence-electron chi connectivity index (χ3n) is 5.42. The summed E-state index contributed by atoms with van der Waals surface area (Å²) < 4.78 is 0. The summed E-state index contributed by atoms with van der Waals surface area (Å²) in [5.41, 5.74) is 0.524. The fraction of sp³-hybridized carbons (Fsp3) is 0.929. The van der Waals surface area contributed by atoms with Gasteiger partial charge in [-0.3, -0.25) is 4.79 Å². The van der Waals surface area contributed by atoms with Gasteiger partial charge in [0.25, 0.3) is 0 Å². The van der Waals surface area contributed by atoms with E-state index in [2.05, 4.69) is 17.1 Å². The molecule has 3 aliphatic rings. The molecule has 2 aliphatic heterocycles. The van der Waals surface area contributed by atoms with Crippen LogP contribution >= 0.6 is 12.4 Å². The van der Waals surface area contributed by atoms with E-state index in [-0.39, 0.29) is 17.8 Å². The highest BCUT2D eigenvalue weighted by Crippen LogP contribution is 2.44. The number of halogens is 1. The van der Waals surface area contributed by atoms with Crippen LogP contribution in [0.4, 0.5) is 0 Å². The molecule has 3 fully saturated rings. The number of rotatable bonds is 1. The smallest absolute Gasteiger partial charge is 0.228 e. The first kappa shape index (κ1) is 14.1. The predicted molar refractivity (Wildman–Crippen MR) is 74.9 cm³/mol. The zero-order chi connectivity index (χ0) is 11.9. The van der Waals surface area contributed by atoms with Gasteiger partial charge in [0.15, 0.2) is 0 Å². The van der Waals surface area contributed by atoms with Crippen molar-refractivity contribution in [1.29, 1.82) is 0 Å². The summed E-state index contributed by atoms with van der Waals surface area (Å²) >= 11 is 0. The molecule has 0 aromatic heterocycles. The second-order valence-electron chi connectivity index (χ2n) is 6.63. The van der Waals surface area contributed by atoms with E-state index in [4.69, 9.17) is 0 Å². The van der Waals surface area contributed by atoms with Gasteiger partial charge in [-0.25, -0.2) is 0 Å². The lowest BCUT2D eigenvalue weighted by Crippen LogP contribution is -2.51. The Labute approximate surface area is 116 Å². The van der Waals surface area contributed by atoms with Crippen LogP contribution in [0.25, 0.3) is 0 Å². The molecule has 3 nitrogen and oxygen atoms in total. The van der Waals surface area contributed by atoms with Crippen molar-refractivity contribution in [3.8, 4) is 0 Å². The summed E-state index contributed by atoms with van der Waals surface area (Å²) in [6.07, 6.45) is 7.18. The zero-order valence-corrected chi connectivity index (χ0v) is 12.2. The monoisotopic (exact) mass is 272 g/mol. The number of carbonyl (C=O) groups excluding carboxylic acids is 1. The quantitative estimate of drug-likeness (QED) is 0.794. The lowest BCUT2D eigenvalue weighted by Gasteiger charge is -2.45. The molecule has 18 heavy (non-hydrogen) atoms. The summed E-state index contributed by atoms with van der Waals surface area (Å²) in [7, 11) is 0. The van der Waals surface area contributed by atoms with Crippen molar-refractivity contribution in [2.75, 3.05) is 26.2 Å². The topological polar surface area (TPSA) is 32.3 Å². The van der Waals surface area contributed by atoms with E-state index in [0.29, 0.717) is 11.3 Å². The molecule has 0 radical (unpaired) electrons. The molecule has 2 heterocycles. The van der Waals surface area contributed by atoms with Gasteiger partial charge < -0.3 is 10.2 Å². The maximum atomic E-state index is 12.4. The fourth-order valence-electron chi connectivity index (χ4n) is 3.71. The van der Waals surface area contributed by atoms with Gasteiger partial charge in [0.1, 0.15) is 0 Å². The van der Waals surface area contributed by atoms with Gasteiger partial charge in [0, 0.05) is 25.0 Å². The third kappa shape index (κ3) is 2.27. The van der Waals surface area contributed by atoms with Crippen molar-refractivity contribution in [2.45, 2.75) is 45.4 Å². The lowest BCUT2D eigenvalue weighted by atomic mass is 9.68. The number of nitrogens with zero attached hydrogens (tertiary/aromatic N) is 1. The number of nitrogens with one attached hydrogen (secondary N) is 1. The van der Waals surface area contributed by atoms with E-state index in [9.17, 15) is 4.79 Å². The van der Waals surface area contributed by atoms with Crippen molar-refractivity contribution < 1.29 is 4.79 Å². The van der Waals surface area contributed by atoms with Crippen molar-refractivity contribution in [1.82, 2.24) is 10.2 Å². The fourth-order valence-corrected chi connectivity index (χ4v) is 3.71. The van der Waals surface area contributed by atoms with Gasteiger partial charge in [0.05, 0.1) is 0 Å². The predicted octanol–water partition coefficient (Wildman–Crippen LogP) is 2.20. The average Bonchev–Trinajstić information content (AvgIpc) is 2.75. The third-order valence-corrected chi connectivity index (χ3v) is 5.42. The Hall–Kier alpha value is -0.280. The summed E-state index contributed by atoms with van der Waals surface area (Å²) in [5, 5.41) is 3.48. The van der Waals surface area contributed by atoms with Crippen molar-refractivity contribution in [3.05, 3.63) is 0 Å². The number of amides is 1. The summed E-state index contributed by atoms with van der Waals surface area (Å²) in [4.78, 5) is 14.6. The molecule has 104 valence electrons. The van der Waals surface area contributed by atoms with Crippen LogP contribution in [0.5, 0.6) is 0 Å². The highest BCUT2D eigenvalue weighted by atomic mass is 35.5. The van der Waals surface area contributed by atoms with E-state index in [1.807, 2.05) is 0 Å². The van der Waals surface area contributed by atoms with Gasteiger partial charge in [0.2, 0.25) is 5.91 Å². The molecule has 1 aliphatic carbocycles. The Balaban J connectivity index is 0.00000120. The number of likely N-dealkylation sites (tertiary alicyclic amines) is 1. The van der Waals surface area contributed by atoms with Crippen LogP contribution in [0.3, 0.4) is 0 Å². The van der Waals surface area contributed by atoms with Crippen LogP contribution in [0, 0.1) is 10.8 Å². The summed E-state index contributed by atoms with van der Waals surface area (Å²) in [6, 6.07) is 0. The molecule has 0 atom stereocenters. The first-order valence-corrected chi connectivity index (χ1v) is 7.14. The second kappa shape index (κ2) is 5.01. The largest absolute Gasteiger partial charge is 0.342 e. The number of piperidine rings is 1. The van der Waals surface area contributed by atoms with Crippen LogP contribution in [0.1, 0.15) is 45.4 Å². The van der Waals surface area contributed by atoms with Crippen molar-refractivity contribution >= 4 is 18.3 Å². The minimum atomic E-state index is -0.00156. The second-order valence-corrected chi connectivity index (χ2v) is 6.63. The molecular formula is C14H25ClN2O. The highest BCUT2D eigenvalue weighted by Gasteiger charge is 2.44. The molecule has 1 spiro atoms. The van der Waals surface area contributed by atoms with Gasteiger partial charge in [-0.2, -0.15) is 0 Å². The molecule has 1 N–H and O–H groups in total. The van der Waals surface area contributed by atoms with Crippen LogP contribution in [-0.2, 0) is 4.79 Å². The maximum absolute atomic E-state index is 12.4. The molecule has 0 aromatic rings. The zero-order valence-electron chi connectivity index (χ0n) is 11.3. The minimum Gasteiger partial charge on any atom is -0.342 e. The minimum absolute atomic E-state index is 0. The molecule has 1 amide bonds. The standard InChI is InChI=1S/C14H24N2O.ClH/c1-13(3-2-4-13)12(17)16-9-6-14(7-10-16)5-8-15-11-14;/h15H,2-11H2,1H3;1H. The maximum Gasteiger partial charge on any atom is 0.228 e. The molecule has 4 heteroatoms. The molecule has 2 saturated heterocycles.